The van der Waals surface area contributed by atoms with E-state index in [1.54, 1.807) is 40.0 Å². The Balaban J connectivity index is 1.42. The third-order valence-electron chi connectivity index (χ3n) is 7.67. The maximum absolute atomic E-state index is 12.7. The molecule has 5 rings (SSSR count). The second-order valence-corrected chi connectivity index (χ2v) is 11.3. The van der Waals surface area contributed by atoms with Crippen molar-refractivity contribution in [2.75, 3.05) is 26.9 Å². The van der Waals surface area contributed by atoms with E-state index in [1.807, 2.05) is 0 Å². The number of nitrogens with one attached hydrogen (secondary N) is 3. The Morgan fingerprint density at radius 3 is 2.85 bits per heavy atom. The van der Waals surface area contributed by atoms with Crippen LogP contribution in [0.3, 0.4) is 0 Å². The number of amides is 1. The van der Waals surface area contributed by atoms with E-state index < -0.39 is 24.0 Å². The van der Waals surface area contributed by atoms with Gasteiger partial charge in [-0.1, -0.05) is 13.0 Å². The van der Waals surface area contributed by atoms with Gasteiger partial charge in [0.05, 0.1) is 37.7 Å². The summed E-state index contributed by atoms with van der Waals surface area (Å²) in [7, 11) is 1.59. The van der Waals surface area contributed by atoms with Crippen LogP contribution in [0.25, 0.3) is 5.57 Å². The van der Waals surface area contributed by atoms with Gasteiger partial charge in [0.25, 0.3) is 0 Å². The molecule has 0 saturated carbocycles. The number of benzene rings is 1. The van der Waals surface area contributed by atoms with E-state index in [2.05, 4.69) is 33.9 Å². The van der Waals surface area contributed by atoms with Crippen LogP contribution in [0.4, 0.5) is 0 Å². The highest BCUT2D eigenvalue weighted by Crippen LogP contribution is 2.50. The summed E-state index contributed by atoms with van der Waals surface area (Å²) >= 11 is 0. The summed E-state index contributed by atoms with van der Waals surface area (Å²) in [4.78, 5) is 27.1. The van der Waals surface area contributed by atoms with Gasteiger partial charge in [-0.3, -0.25) is 26.1 Å². The summed E-state index contributed by atoms with van der Waals surface area (Å²) in [5.41, 5.74) is 7.22. The van der Waals surface area contributed by atoms with Gasteiger partial charge in [0.15, 0.2) is 0 Å². The number of nitrogens with zero attached hydrogens (tertiary/aromatic N) is 1. The van der Waals surface area contributed by atoms with Crippen molar-refractivity contribution in [2.24, 2.45) is 11.7 Å². The summed E-state index contributed by atoms with van der Waals surface area (Å²) in [6.45, 7) is 8.78. The molecule has 12 heteroatoms. The van der Waals surface area contributed by atoms with Crippen LogP contribution < -0.4 is 35.9 Å². The number of aliphatic hydroxyl groups is 1. The molecule has 1 aromatic rings. The first kappa shape index (κ1) is 28.4. The van der Waals surface area contributed by atoms with E-state index in [0.717, 1.165) is 16.7 Å². The number of rotatable bonds is 8. The number of hydrogen-bond donors (Lipinski definition) is 5. The van der Waals surface area contributed by atoms with Crippen LogP contribution in [0.2, 0.25) is 0 Å². The Kier molecular flexibility index (Phi) is 7.81. The fourth-order valence-electron chi connectivity index (χ4n) is 5.65. The van der Waals surface area contributed by atoms with Crippen molar-refractivity contribution in [2.45, 2.75) is 70.7 Å². The molecule has 5 atom stereocenters. The lowest BCUT2D eigenvalue weighted by Gasteiger charge is -2.35. The fourth-order valence-corrected chi connectivity index (χ4v) is 5.65. The lowest BCUT2D eigenvalue weighted by molar-refractivity contribution is -0.141. The first-order chi connectivity index (χ1) is 19.0. The quantitative estimate of drug-likeness (QED) is 0.284. The van der Waals surface area contributed by atoms with Gasteiger partial charge in [-0.05, 0) is 44.8 Å². The second kappa shape index (κ2) is 11.0. The van der Waals surface area contributed by atoms with E-state index in [4.69, 9.17) is 24.7 Å². The number of hydrogen-bond acceptors (Lipinski definition) is 11. The number of esters is 1. The molecule has 12 nitrogen and oxygen atoms in total. The van der Waals surface area contributed by atoms with Crippen molar-refractivity contribution in [1.82, 2.24) is 20.9 Å². The first-order valence-corrected chi connectivity index (χ1v) is 13.7. The number of nitrogens with two attached hydrogens (primary N) is 1. The molecule has 5 unspecified atom stereocenters. The maximum atomic E-state index is 12.7. The number of allylic oxidation sites excluding steroid dienone is 3. The molecule has 4 aliphatic heterocycles. The summed E-state index contributed by atoms with van der Waals surface area (Å²) in [5.74, 6) is 1.17. The largest absolute Gasteiger partial charge is 0.496 e. The standard InChI is InChI=1S/C28H39N5O7/c1-6-38-26(35)19-9-15(8-7-14(2)12-33-13-30-22-24(33)31-27(29)32-25(22)34)21-18(39-19)11-17-16(23(21)37-5)10-20(40-17)28(3,4)36/h8-9,11,14,20,22,24,27,30-31,36H,6-7,10,12-13,29H2,1-5H3,(H,32,34). The minimum Gasteiger partial charge on any atom is -0.496 e. The second-order valence-electron chi connectivity index (χ2n) is 11.3. The van der Waals surface area contributed by atoms with E-state index in [9.17, 15) is 14.7 Å². The zero-order chi connectivity index (χ0) is 28.8. The van der Waals surface area contributed by atoms with Crippen molar-refractivity contribution in [3.05, 3.63) is 35.1 Å². The highest BCUT2D eigenvalue weighted by molar-refractivity contribution is 5.95. The monoisotopic (exact) mass is 557 g/mol. The Hall–Kier alpha value is -3.16. The Labute approximate surface area is 233 Å². The smallest absolute Gasteiger partial charge is 0.374 e. The molecule has 2 fully saturated rings. The van der Waals surface area contributed by atoms with Gasteiger partial charge < -0.3 is 29.4 Å². The fraction of sp³-hybridized carbons (Fsp3) is 0.571. The molecule has 2 saturated heterocycles. The van der Waals surface area contributed by atoms with Crippen LogP contribution in [0.5, 0.6) is 17.2 Å². The van der Waals surface area contributed by atoms with Crippen LogP contribution in [-0.2, 0) is 20.7 Å². The molecular weight excluding hydrogens is 518 g/mol. The molecule has 4 heterocycles. The normalized spacial score (nSPS) is 27.5. The maximum Gasteiger partial charge on any atom is 0.374 e. The molecule has 0 radical (unpaired) electrons. The molecule has 1 aromatic carbocycles. The topological polar surface area (TPSA) is 157 Å². The summed E-state index contributed by atoms with van der Waals surface area (Å²) in [5, 5.41) is 19.8. The van der Waals surface area contributed by atoms with Crippen molar-refractivity contribution in [1.29, 1.82) is 0 Å². The van der Waals surface area contributed by atoms with Crippen LogP contribution in [-0.4, -0.2) is 79.0 Å². The van der Waals surface area contributed by atoms with Gasteiger partial charge in [-0.25, -0.2) is 4.79 Å². The SMILES string of the molecule is CCOC(=O)C1=CC(=CCC(C)CN2CNC3C(=O)NC(N)NC32)c2c(cc3c(c2OC)CC(C(C)(C)O)O3)O1. The number of ether oxygens (including phenoxy) is 4. The van der Waals surface area contributed by atoms with E-state index in [-0.39, 0.29) is 36.4 Å². The van der Waals surface area contributed by atoms with E-state index in [1.165, 1.54) is 0 Å². The average molecular weight is 558 g/mol. The van der Waals surface area contributed by atoms with Crippen LogP contribution in [0.15, 0.2) is 24.0 Å². The van der Waals surface area contributed by atoms with Gasteiger partial charge in [-0.15, -0.1) is 0 Å². The predicted molar refractivity (Wildman–Crippen MR) is 146 cm³/mol. The number of carbonyl (C=O) groups excluding carboxylic acids is 2. The van der Waals surface area contributed by atoms with Crippen molar-refractivity contribution >= 4 is 17.4 Å². The number of fused-ring (bicyclic) bond motifs is 3. The van der Waals surface area contributed by atoms with Crippen LogP contribution >= 0.6 is 0 Å². The zero-order valence-electron chi connectivity index (χ0n) is 23.6. The molecule has 1 amide bonds. The number of carbonyl (C=O) groups is 2. The van der Waals surface area contributed by atoms with Crippen LogP contribution in [0.1, 0.15) is 45.2 Å². The van der Waals surface area contributed by atoms with Gasteiger partial charge in [0, 0.05) is 24.6 Å². The summed E-state index contributed by atoms with van der Waals surface area (Å²) in [6.07, 6.45) is 3.67. The molecular formula is C28H39N5O7. The van der Waals surface area contributed by atoms with Crippen molar-refractivity contribution in [3.8, 4) is 17.2 Å². The lowest BCUT2D eigenvalue weighted by Crippen LogP contribution is -2.70. The minimum absolute atomic E-state index is 0.0743. The van der Waals surface area contributed by atoms with Crippen LogP contribution in [0, 0.1) is 5.92 Å². The summed E-state index contributed by atoms with van der Waals surface area (Å²) in [6, 6.07) is 1.39. The third-order valence-corrected chi connectivity index (χ3v) is 7.67. The Bertz CT molecular complexity index is 1240. The molecule has 6 N–H and O–H groups in total. The molecule has 0 aliphatic carbocycles. The van der Waals surface area contributed by atoms with Crippen molar-refractivity contribution < 1.29 is 33.6 Å². The highest BCUT2D eigenvalue weighted by atomic mass is 16.6. The molecule has 0 spiro atoms. The van der Waals surface area contributed by atoms with Crippen molar-refractivity contribution in [3.63, 3.8) is 0 Å². The molecule has 0 aromatic heterocycles. The van der Waals surface area contributed by atoms with Gasteiger partial charge in [0.1, 0.15) is 35.7 Å². The summed E-state index contributed by atoms with van der Waals surface area (Å²) < 4.78 is 23.2. The van der Waals surface area contributed by atoms with E-state index in [0.29, 0.717) is 43.3 Å². The predicted octanol–water partition coefficient (Wildman–Crippen LogP) is 0.538. The molecule has 0 bridgehead atoms. The minimum atomic E-state index is -1.06. The van der Waals surface area contributed by atoms with E-state index >= 15 is 0 Å². The number of methoxy groups -OCH3 is 1. The Morgan fingerprint density at radius 2 is 2.15 bits per heavy atom. The van der Waals surface area contributed by atoms with Gasteiger partial charge >= 0.3 is 5.97 Å². The molecule has 218 valence electrons. The van der Waals surface area contributed by atoms with Gasteiger partial charge in [-0.2, -0.15) is 0 Å². The first-order valence-electron chi connectivity index (χ1n) is 13.7. The molecule has 4 aliphatic rings. The molecule has 40 heavy (non-hydrogen) atoms. The van der Waals surface area contributed by atoms with Gasteiger partial charge in [0.2, 0.25) is 11.7 Å². The zero-order valence-corrected chi connectivity index (χ0v) is 23.6. The lowest BCUT2D eigenvalue weighted by atomic mass is 9.91. The average Bonchev–Trinajstić information content (AvgIpc) is 3.50. The Morgan fingerprint density at radius 1 is 1.38 bits per heavy atom. The highest BCUT2D eigenvalue weighted by Gasteiger charge is 2.43. The third kappa shape index (κ3) is 5.41.